The first-order valence-corrected chi connectivity index (χ1v) is 8.58. The quantitative estimate of drug-likeness (QED) is 0.415. The monoisotopic (exact) mass is 198 g/mol. The molecule has 0 aliphatic carbocycles. The first-order valence-electron chi connectivity index (χ1n) is 1.63. The van der Waals surface area contributed by atoms with Crippen LogP contribution < -0.4 is 0 Å². The van der Waals surface area contributed by atoms with Crippen molar-refractivity contribution in [3.63, 3.8) is 0 Å². The summed E-state index contributed by atoms with van der Waals surface area (Å²) in [7, 11) is 0. The summed E-state index contributed by atoms with van der Waals surface area (Å²) in [5, 5.41) is 0. The molecule has 32 valence electrons. The topological polar surface area (TPSA) is 0 Å². The SMILES string of the molecule is C[C-]=CC.[Zn+][Br]. The van der Waals surface area contributed by atoms with Gasteiger partial charge in [0.25, 0.3) is 0 Å². The van der Waals surface area contributed by atoms with Crippen LogP contribution >= 0.6 is 13.6 Å². The van der Waals surface area contributed by atoms with Gasteiger partial charge in [0.1, 0.15) is 0 Å². The molecular formula is C4H7BrZn. The molecule has 0 spiro atoms. The van der Waals surface area contributed by atoms with E-state index in [9.17, 15) is 0 Å². The Balaban J connectivity index is 0. The molecule has 6 heavy (non-hydrogen) atoms. The molecule has 0 rings (SSSR count). The summed E-state index contributed by atoms with van der Waals surface area (Å²) in [5.74, 6) is 0. The third-order valence-corrected chi connectivity index (χ3v) is 0.289. The predicted octanol–water partition coefficient (Wildman–Crippen LogP) is 2.23. The molecule has 0 atom stereocenters. The Hall–Kier alpha value is 0.843. The summed E-state index contributed by atoms with van der Waals surface area (Å²) in [6, 6.07) is 0. The van der Waals surface area contributed by atoms with E-state index in [1.54, 1.807) is 0 Å². The van der Waals surface area contributed by atoms with E-state index in [1.807, 2.05) is 19.9 Å². The van der Waals surface area contributed by atoms with Crippen molar-refractivity contribution in [2.75, 3.05) is 0 Å². The average Bonchev–Trinajstić information content (AvgIpc) is 1.72. The van der Waals surface area contributed by atoms with Gasteiger partial charge in [-0.05, 0) is 0 Å². The van der Waals surface area contributed by atoms with Gasteiger partial charge in [-0.15, -0.1) is 0 Å². The Morgan fingerprint density at radius 2 is 1.83 bits per heavy atom. The first-order chi connectivity index (χ1) is 2.91. The van der Waals surface area contributed by atoms with Gasteiger partial charge < -0.3 is 6.08 Å². The molecule has 0 aromatic heterocycles. The van der Waals surface area contributed by atoms with Crippen molar-refractivity contribution in [1.29, 1.82) is 0 Å². The molecule has 0 unspecified atom stereocenters. The van der Waals surface area contributed by atoms with Crippen LogP contribution in [0.1, 0.15) is 13.8 Å². The summed E-state index contributed by atoms with van der Waals surface area (Å²) in [6.45, 7) is 3.82. The fraction of sp³-hybridized carbons (Fsp3) is 0.500. The van der Waals surface area contributed by atoms with Gasteiger partial charge in [0.2, 0.25) is 0 Å². The Labute approximate surface area is 56.0 Å². The predicted molar refractivity (Wildman–Crippen MR) is 28.1 cm³/mol. The van der Waals surface area contributed by atoms with E-state index >= 15 is 0 Å². The van der Waals surface area contributed by atoms with Crippen molar-refractivity contribution >= 4 is 13.6 Å². The van der Waals surface area contributed by atoms with Crippen LogP contribution in [0.2, 0.25) is 0 Å². The van der Waals surface area contributed by atoms with Crippen LogP contribution in [0, 0.1) is 6.08 Å². The van der Waals surface area contributed by atoms with E-state index in [1.165, 1.54) is 16.3 Å². The summed E-state index contributed by atoms with van der Waals surface area (Å²) < 4.78 is 0. The molecule has 0 N–H and O–H groups in total. The van der Waals surface area contributed by atoms with Gasteiger partial charge >= 0.3 is 30.0 Å². The Morgan fingerprint density at radius 3 is 1.83 bits per heavy atom. The van der Waals surface area contributed by atoms with Gasteiger partial charge in [0.05, 0.1) is 0 Å². The number of allylic oxidation sites excluding steroid dienone is 2. The number of halogens is 1. The van der Waals surface area contributed by atoms with Gasteiger partial charge in [-0.3, -0.25) is 6.08 Å². The van der Waals surface area contributed by atoms with Crippen LogP contribution in [0.5, 0.6) is 0 Å². The van der Waals surface area contributed by atoms with Gasteiger partial charge in [-0.25, -0.2) is 0 Å². The second-order valence-corrected chi connectivity index (χ2v) is 0.577. The molecule has 0 aromatic rings. The molecule has 2 heteroatoms. The summed E-state index contributed by atoms with van der Waals surface area (Å²) in [6.07, 6.45) is 4.68. The molecule has 0 aromatic carbocycles. The fourth-order valence-electron chi connectivity index (χ4n) is 0. The van der Waals surface area contributed by atoms with E-state index in [0.29, 0.717) is 0 Å². The zero-order chi connectivity index (χ0) is 5.41. The van der Waals surface area contributed by atoms with Crippen molar-refractivity contribution in [3.05, 3.63) is 12.2 Å². The van der Waals surface area contributed by atoms with E-state index in [-0.39, 0.29) is 0 Å². The van der Waals surface area contributed by atoms with E-state index < -0.39 is 0 Å². The normalized spacial score (nSPS) is 7.50. The molecule has 0 fully saturated rings. The molecular weight excluding hydrogens is 193 g/mol. The number of rotatable bonds is 0. The van der Waals surface area contributed by atoms with Crippen LogP contribution in [0.15, 0.2) is 6.08 Å². The summed E-state index contributed by atoms with van der Waals surface area (Å²) in [5.41, 5.74) is 0. The van der Waals surface area contributed by atoms with Gasteiger partial charge in [-0.2, -0.15) is 6.92 Å². The maximum absolute atomic E-state index is 3.06. The average molecular weight is 200 g/mol. The van der Waals surface area contributed by atoms with Crippen molar-refractivity contribution in [2.45, 2.75) is 13.8 Å². The molecule has 0 nitrogen and oxygen atoms in total. The van der Waals surface area contributed by atoms with E-state index in [0.717, 1.165) is 0 Å². The fourth-order valence-corrected chi connectivity index (χ4v) is 0. The summed E-state index contributed by atoms with van der Waals surface area (Å²) in [4.78, 5) is 0. The molecule has 0 saturated heterocycles. The van der Waals surface area contributed by atoms with Crippen LogP contribution in [0.3, 0.4) is 0 Å². The standard InChI is InChI=1S/C4H7.BrH.Zn/c1-3-4-2;;/h3H,1-2H3;1H;/q-1;;+2/p-1. The van der Waals surface area contributed by atoms with Crippen LogP contribution in [0.4, 0.5) is 0 Å². The second-order valence-electron chi connectivity index (χ2n) is 0.577. The molecule has 0 radical (unpaired) electrons. The van der Waals surface area contributed by atoms with E-state index in [2.05, 4.69) is 19.7 Å². The maximum atomic E-state index is 3.06. The zero-order valence-corrected chi connectivity index (χ0v) is 8.72. The Kier molecular flexibility index (Phi) is 28.1. The molecule has 0 heterocycles. The molecule has 0 saturated carbocycles. The molecule has 0 aliphatic rings. The third kappa shape index (κ3) is 21.1. The Morgan fingerprint density at radius 1 is 1.67 bits per heavy atom. The molecule has 0 amide bonds. The van der Waals surface area contributed by atoms with Crippen molar-refractivity contribution in [2.24, 2.45) is 0 Å². The molecule has 0 bridgehead atoms. The van der Waals surface area contributed by atoms with Gasteiger partial charge in [0.15, 0.2) is 0 Å². The zero-order valence-electron chi connectivity index (χ0n) is 4.16. The van der Waals surface area contributed by atoms with Gasteiger partial charge in [0, 0.05) is 0 Å². The number of hydrogen-bond acceptors (Lipinski definition) is 0. The summed E-state index contributed by atoms with van der Waals surface area (Å²) >= 11 is 4.25. The van der Waals surface area contributed by atoms with E-state index in [4.69, 9.17) is 0 Å². The van der Waals surface area contributed by atoms with Crippen LogP contribution in [0.25, 0.3) is 0 Å². The Bertz CT molecular complexity index is 22.7. The van der Waals surface area contributed by atoms with Crippen molar-refractivity contribution in [1.82, 2.24) is 0 Å². The van der Waals surface area contributed by atoms with Crippen molar-refractivity contribution in [3.8, 4) is 0 Å². The van der Waals surface area contributed by atoms with Crippen LogP contribution in [-0.4, -0.2) is 0 Å². The minimum absolute atomic E-state index is 1.19. The molecule has 0 aliphatic heterocycles. The minimum atomic E-state index is 1.19. The van der Waals surface area contributed by atoms with Crippen LogP contribution in [-0.2, 0) is 16.3 Å². The van der Waals surface area contributed by atoms with Gasteiger partial charge in [-0.1, -0.05) is 6.92 Å². The van der Waals surface area contributed by atoms with Crippen molar-refractivity contribution < 1.29 is 16.3 Å². The first kappa shape index (κ1) is 9.96. The second kappa shape index (κ2) is 17.0. The number of hydrogen-bond donors (Lipinski definition) is 0. The third-order valence-electron chi connectivity index (χ3n) is 0.289.